The zero-order chi connectivity index (χ0) is 17.4. The van der Waals surface area contributed by atoms with Crippen LogP contribution in [0.15, 0.2) is 36.7 Å². The van der Waals surface area contributed by atoms with Gasteiger partial charge in [-0.05, 0) is 30.9 Å². The van der Waals surface area contributed by atoms with E-state index >= 15 is 0 Å². The molecule has 7 heteroatoms. The highest BCUT2D eigenvalue weighted by molar-refractivity contribution is 5.95. The van der Waals surface area contributed by atoms with E-state index in [9.17, 15) is 13.6 Å². The normalized spacial score (nSPS) is 22.8. The Morgan fingerprint density at radius 1 is 1.08 bits per heavy atom. The van der Waals surface area contributed by atoms with Crippen LogP contribution in [0, 0.1) is 17.6 Å². The Bertz CT molecular complexity index is 783. The second kappa shape index (κ2) is 6.38. The summed E-state index contributed by atoms with van der Waals surface area (Å²) in [5, 5.41) is 0. The first-order valence-electron chi connectivity index (χ1n) is 8.41. The van der Waals surface area contributed by atoms with Gasteiger partial charge in [-0.25, -0.2) is 18.7 Å². The number of piperidine rings is 1. The minimum Gasteiger partial charge on any atom is -0.339 e. The average molecular weight is 344 g/mol. The summed E-state index contributed by atoms with van der Waals surface area (Å²) in [6, 6.07) is 6.07. The minimum absolute atomic E-state index is 0.00508. The van der Waals surface area contributed by atoms with Crippen LogP contribution >= 0.6 is 0 Å². The van der Waals surface area contributed by atoms with E-state index in [0.717, 1.165) is 31.8 Å². The van der Waals surface area contributed by atoms with Crippen LogP contribution in [0.4, 0.5) is 14.7 Å². The number of nitrogens with zero attached hydrogens (tertiary/aromatic N) is 4. The van der Waals surface area contributed by atoms with Crippen molar-refractivity contribution in [1.82, 2.24) is 14.9 Å². The number of likely N-dealkylation sites (tertiary alicyclic amines) is 1. The third-order valence-corrected chi connectivity index (χ3v) is 5.12. The highest BCUT2D eigenvalue weighted by Crippen LogP contribution is 2.33. The molecule has 1 aromatic heterocycles. The summed E-state index contributed by atoms with van der Waals surface area (Å²) < 4.78 is 27.0. The number of halogens is 2. The van der Waals surface area contributed by atoms with Gasteiger partial charge < -0.3 is 9.80 Å². The first-order chi connectivity index (χ1) is 12.1. The Kier molecular flexibility index (Phi) is 4.07. The number of carbonyl (C=O) groups is 1. The zero-order valence-electron chi connectivity index (χ0n) is 13.6. The van der Waals surface area contributed by atoms with Gasteiger partial charge in [0.2, 0.25) is 5.95 Å². The Balaban J connectivity index is 1.55. The maximum absolute atomic E-state index is 14.0. The number of rotatable bonds is 2. The van der Waals surface area contributed by atoms with Crippen LogP contribution in [-0.4, -0.2) is 46.5 Å². The lowest BCUT2D eigenvalue weighted by Gasteiger charge is -2.38. The van der Waals surface area contributed by atoms with E-state index in [0.29, 0.717) is 25.0 Å². The number of anilines is 1. The van der Waals surface area contributed by atoms with Crippen LogP contribution in [0.25, 0.3) is 0 Å². The molecule has 0 spiro atoms. The monoisotopic (exact) mass is 344 g/mol. The Hall–Kier alpha value is -2.57. The van der Waals surface area contributed by atoms with Gasteiger partial charge in [-0.1, -0.05) is 12.1 Å². The molecule has 1 aromatic carbocycles. The second-order valence-electron chi connectivity index (χ2n) is 6.53. The molecule has 2 aliphatic rings. The van der Waals surface area contributed by atoms with Gasteiger partial charge in [0.25, 0.3) is 5.91 Å². The molecule has 0 aliphatic carbocycles. The highest BCUT2D eigenvalue weighted by atomic mass is 19.1. The molecule has 3 heterocycles. The molecule has 0 saturated carbocycles. The van der Waals surface area contributed by atoms with Gasteiger partial charge in [0.15, 0.2) is 5.82 Å². The van der Waals surface area contributed by atoms with Crippen molar-refractivity contribution in [3.05, 3.63) is 53.9 Å². The second-order valence-corrected chi connectivity index (χ2v) is 6.53. The lowest BCUT2D eigenvalue weighted by Crippen LogP contribution is -2.50. The van der Waals surface area contributed by atoms with Crippen LogP contribution in [-0.2, 0) is 0 Å². The maximum Gasteiger partial charge on any atom is 0.257 e. The van der Waals surface area contributed by atoms with E-state index < -0.39 is 11.6 Å². The lowest BCUT2D eigenvalue weighted by atomic mass is 9.92. The quantitative estimate of drug-likeness (QED) is 0.840. The predicted octanol–water partition coefficient (Wildman–Crippen LogP) is 2.50. The molecule has 130 valence electrons. The molecule has 2 saturated heterocycles. The highest BCUT2D eigenvalue weighted by Gasteiger charge is 2.41. The third-order valence-electron chi connectivity index (χ3n) is 5.12. The number of carbonyl (C=O) groups excluding carboxylic acids is 1. The fraction of sp³-hybridized carbons (Fsp3) is 0.389. The summed E-state index contributed by atoms with van der Waals surface area (Å²) in [5.41, 5.74) is 0.110. The van der Waals surface area contributed by atoms with Gasteiger partial charge in [-0.15, -0.1) is 0 Å². The average Bonchev–Trinajstić information content (AvgIpc) is 3.05. The molecule has 2 unspecified atom stereocenters. The molecule has 5 nitrogen and oxygen atoms in total. The fourth-order valence-electron chi connectivity index (χ4n) is 3.83. The summed E-state index contributed by atoms with van der Waals surface area (Å²) in [6.45, 7) is 1.98. The number of amides is 1. The standard InChI is InChI=1S/C18H18F2N4O/c19-13-9-21-18(22-10-13)23-7-5-12-6-8-24(16(12)11-23)17(25)14-3-1-2-4-15(14)20/h1-4,9-10,12,16H,5-8,11H2. The van der Waals surface area contributed by atoms with Crippen molar-refractivity contribution < 1.29 is 13.6 Å². The number of hydrogen-bond donors (Lipinski definition) is 0. The Labute approximate surface area is 144 Å². The van der Waals surface area contributed by atoms with Gasteiger partial charge in [0.1, 0.15) is 5.82 Å². The number of fused-ring (bicyclic) bond motifs is 1. The van der Waals surface area contributed by atoms with Crippen LogP contribution in [0.2, 0.25) is 0 Å². The van der Waals surface area contributed by atoms with Crippen molar-refractivity contribution in [1.29, 1.82) is 0 Å². The minimum atomic E-state index is -0.495. The van der Waals surface area contributed by atoms with Gasteiger partial charge >= 0.3 is 0 Å². The van der Waals surface area contributed by atoms with Crippen molar-refractivity contribution in [2.75, 3.05) is 24.5 Å². The van der Waals surface area contributed by atoms with Gasteiger partial charge in [-0.2, -0.15) is 0 Å². The largest absolute Gasteiger partial charge is 0.339 e. The molecule has 2 aromatic rings. The molecule has 2 fully saturated rings. The van der Waals surface area contributed by atoms with Gasteiger partial charge in [0, 0.05) is 19.6 Å². The van der Waals surface area contributed by atoms with Crippen molar-refractivity contribution in [3.8, 4) is 0 Å². The molecule has 0 radical (unpaired) electrons. The van der Waals surface area contributed by atoms with Gasteiger partial charge in [-0.3, -0.25) is 4.79 Å². The third kappa shape index (κ3) is 2.94. The zero-order valence-corrected chi connectivity index (χ0v) is 13.6. The molecular formula is C18H18F2N4O. The van der Waals surface area contributed by atoms with Crippen molar-refractivity contribution in [3.63, 3.8) is 0 Å². The van der Waals surface area contributed by atoms with E-state index in [1.54, 1.807) is 17.0 Å². The van der Waals surface area contributed by atoms with Crippen LogP contribution < -0.4 is 4.90 Å². The first kappa shape index (κ1) is 15.9. The Morgan fingerprint density at radius 3 is 2.56 bits per heavy atom. The van der Waals surface area contributed by atoms with Crippen LogP contribution in [0.3, 0.4) is 0 Å². The summed E-state index contributed by atoms with van der Waals surface area (Å²) in [7, 11) is 0. The molecule has 1 amide bonds. The van der Waals surface area contributed by atoms with Crippen molar-refractivity contribution in [2.45, 2.75) is 18.9 Å². The van der Waals surface area contributed by atoms with Gasteiger partial charge in [0.05, 0.1) is 24.0 Å². The molecule has 4 rings (SSSR count). The number of hydrogen-bond acceptors (Lipinski definition) is 4. The summed E-state index contributed by atoms with van der Waals surface area (Å²) in [5.74, 6) is -0.383. The van der Waals surface area contributed by atoms with Crippen molar-refractivity contribution in [2.24, 2.45) is 5.92 Å². The van der Waals surface area contributed by atoms with E-state index in [1.165, 1.54) is 12.1 Å². The van der Waals surface area contributed by atoms with E-state index in [4.69, 9.17) is 0 Å². The molecular weight excluding hydrogens is 326 g/mol. The molecule has 0 bridgehead atoms. The number of aromatic nitrogens is 2. The van der Waals surface area contributed by atoms with Crippen molar-refractivity contribution >= 4 is 11.9 Å². The first-order valence-corrected chi connectivity index (χ1v) is 8.41. The maximum atomic E-state index is 14.0. The topological polar surface area (TPSA) is 49.3 Å². The van der Waals surface area contributed by atoms with E-state index in [-0.39, 0.29) is 17.5 Å². The fourth-order valence-corrected chi connectivity index (χ4v) is 3.83. The summed E-state index contributed by atoms with van der Waals surface area (Å²) >= 11 is 0. The predicted molar refractivity (Wildman–Crippen MR) is 88.2 cm³/mol. The lowest BCUT2D eigenvalue weighted by molar-refractivity contribution is 0.0707. The molecule has 25 heavy (non-hydrogen) atoms. The molecule has 0 N–H and O–H groups in total. The SMILES string of the molecule is O=C(c1ccccc1F)N1CCC2CCN(c3ncc(F)cn3)CC21. The van der Waals surface area contributed by atoms with E-state index in [2.05, 4.69) is 9.97 Å². The van der Waals surface area contributed by atoms with E-state index in [1.807, 2.05) is 4.90 Å². The summed E-state index contributed by atoms with van der Waals surface area (Å²) in [4.78, 5) is 24.6. The Morgan fingerprint density at radius 2 is 1.80 bits per heavy atom. The van der Waals surface area contributed by atoms with Crippen LogP contribution in [0.1, 0.15) is 23.2 Å². The smallest absolute Gasteiger partial charge is 0.257 e. The molecule has 2 aliphatic heterocycles. The number of benzene rings is 1. The van der Waals surface area contributed by atoms with Crippen LogP contribution in [0.5, 0.6) is 0 Å². The molecule has 2 atom stereocenters. The summed E-state index contributed by atoms with van der Waals surface area (Å²) in [6.07, 6.45) is 4.12.